The average Bonchev–Trinajstić information content (AvgIpc) is 2.60. The largest absolute Gasteiger partial charge is 0.494 e. The number of likely N-dealkylation sites (tertiary alicyclic amines) is 1. The molecule has 3 amide bonds. The number of methoxy groups -OCH3 is 1. The molecule has 0 aromatic heterocycles. The van der Waals surface area contributed by atoms with Crippen LogP contribution < -0.4 is 10.1 Å². The maximum absolute atomic E-state index is 14.1. The molecule has 1 aliphatic heterocycles. The van der Waals surface area contributed by atoms with Gasteiger partial charge in [0.25, 0.3) is 0 Å². The van der Waals surface area contributed by atoms with Crippen LogP contribution in [0.4, 0.5) is 13.6 Å². The second kappa shape index (κ2) is 8.13. The number of piperidine rings is 1. The number of carbonyl (C=O) groups excluding carboxylic acids is 2. The van der Waals surface area contributed by atoms with Gasteiger partial charge in [-0.15, -0.1) is 0 Å². The quantitative estimate of drug-likeness (QED) is 0.898. The third-order valence-corrected chi connectivity index (χ3v) is 4.26. The molecule has 1 heterocycles. The highest BCUT2D eigenvalue weighted by molar-refractivity contribution is 5.80. The summed E-state index contributed by atoms with van der Waals surface area (Å²) < 4.78 is 32.7. The molecule has 1 N–H and O–H groups in total. The Balaban J connectivity index is 2.00. The van der Waals surface area contributed by atoms with Gasteiger partial charge in [0.05, 0.1) is 13.0 Å². The monoisotopic (exact) mass is 355 g/mol. The first-order chi connectivity index (χ1) is 11.8. The van der Waals surface area contributed by atoms with Gasteiger partial charge in [0.15, 0.2) is 11.6 Å². The van der Waals surface area contributed by atoms with Gasteiger partial charge in [0, 0.05) is 39.3 Å². The maximum Gasteiger partial charge on any atom is 0.319 e. The number of nitrogens with one attached hydrogen (secondary N) is 1. The van der Waals surface area contributed by atoms with Crippen molar-refractivity contribution in [3.63, 3.8) is 0 Å². The summed E-state index contributed by atoms with van der Waals surface area (Å²) in [4.78, 5) is 27.4. The molecule has 0 spiro atoms. The highest BCUT2D eigenvalue weighted by Crippen LogP contribution is 2.23. The minimum atomic E-state index is -0.823. The summed E-state index contributed by atoms with van der Waals surface area (Å²) in [6.07, 6.45) is 1.34. The SMILES string of the molecule is COc1ccc(F)c(CNC(=O)[C@H]2CCCN(C(=O)N(C)C)C2)c1F. The molecule has 1 aliphatic rings. The molecule has 0 unspecified atom stereocenters. The first kappa shape index (κ1) is 19.0. The van der Waals surface area contributed by atoms with Crippen molar-refractivity contribution in [3.8, 4) is 5.75 Å². The molecule has 1 saturated heterocycles. The Morgan fingerprint density at radius 3 is 2.72 bits per heavy atom. The van der Waals surface area contributed by atoms with E-state index in [9.17, 15) is 18.4 Å². The zero-order chi connectivity index (χ0) is 18.6. The van der Waals surface area contributed by atoms with Crippen LogP contribution in [0.15, 0.2) is 12.1 Å². The molecule has 138 valence electrons. The molecule has 1 fully saturated rings. The van der Waals surface area contributed by atoms with Gasteiger partial charge < -0.3 is 19.9 Å². The predicted molar refractivity (Wildman–Crippen MR) is 88.1 cm³/mol. The third-order valence-electron chi connectivity index (χ3n) is 4.26. The lowest BCUT2D eigenvalue weighted by atomic mass is 9.97. The Hall–Kier alpha value is -2.38. The molecular weight excluding hydrogens is 332 g/mol. The second-order valence-corrected chi connectivity index (χ2v) is 6.22. The lowest BCUT2D eigenvalue weighted by molar-refractivity contribution is -0.126. The number of ether oxygens (including phenoxy) is 1. The summed E-state index contributed by atoms with van der Waals surface area (Å²) in [7, 11) is 4.60. The van der Waals surface area contributed by atoms with Gasteiger partial charge in [-0.05, 0) is 25.0 Å². The Bertz CT molecular complexity index is 652. The van der Waals surface area contributed by atoms with Gasteiger partial charge in [-0.25, -0.2) is 13.6 Å². The van der Waals surface area contributed by atoms with E-state index in [0.717, 1.165) is 6.07 Å². The number of hydrogen-bond acceptors (Lipinski definition) is 3. The number of urea groups is 1. The summed E-state index contributed by atoms with van der Waals surface area (Å²) in [5.74, 6) is -2.36. The third kappa shape index (κ3) is 4.37. The lowest BCUT2D eigenvalue weighted by Gasteiger charge is -2.33. The fourth-order valence-corrected chi connectivity index (χ4v) is 2.86. The van der Waals surface area contributed by atoms with Gasteiger partial charge in [0.1, 0.15) is 5.82 Å². The highest BCUT2D eigenvalue weighted by Gasteiger charge is 2.29. The van der Waals surface area contributed by atoms with Crippen molar-refractivity contribution in [2.45, 2.75) is 19.4 Å². The molecule has 2 rings (SSSR count). The zero-order valence-corrected chi connectivity index (χ0v) is 14.6. The van der Waals surface area contributed by atoms with Crippen LogP contribution in [0.3, 0.4) is 0 Å². The van der Waals surface area contributed by atoms with E-state index in [1.165, 1.54) is 18.1 Å². The number of rotatable bonds is 4. The second-order valence-electron chi connectivity index (χ2n) is 6.22. The fourth-order valence-electron chi connectivity index (χ4n) is 2.86. The smallest absolute Gasteiger partial charge is 0.319 e. The van der Waals surface area contributed by atoms with Crippen molar-refractivity contribution >= 4 is 11.9 Å². The molecule has 0 aliphatic carbocycles. The molecule has 1 atom stereocenters. The predicted octanol–water partition coefficient (Wildman–Crippen LogP) is 1.98. The average molecular weight is 355 g/mol. The molecule has 0 bridgehead atoms. The molecular formula is C17H23F2N3O3. The van der Waals surface area contributed by atoms with Crippen LogP contribution in [0.1, 0.15) is 18.4 Å². The van der Waals surface area contributed by atoms with E-state index >= 15 is 0 Å². The van der Waals surface area contributed by atoms with E-state index < -0.39 is 17.6 Å². The summed E-state index contributed by atoms with van der Waals surface area (Å²) in [6.45, 7) is 0.623. The highest BCUT2D eigenvalue weighted by atomic mass is 19.1. The van der Waals surface area contributed by atoms with Crippen LogP contribution in [-0.4, -0.2) is 56.0 Å². The number of carbonyl (C=O) groups is 2. The molecule has 0 saturated carbocycles. The van der Waals surface area contributed by atoms with Crippen LogP contribution in [-0.2, 0) is 11.3 Å². The molecule has 6 nitrogen and oxygen atoms in total. The Morgan fingerprint density at radius 1 is 1.36 bits per heavy atom. The van der Waals surface area contributed by atoms with E-state index in [-0.39, 0.29) is 29.8 Å². The number of nitrogens with zero attached hydrogens (tertiary/aromatic N) is 2. The Labute approximate surface area is 145 Å². The van der Waals surface area contributed by atoms with Gasteiger partial charge in [0.2, 0.25) is 5.91 Å². The van der Waals surface area contributed by atoms with E-state index in [2.05, 4.69) is 5.32 Å². The van der Waals surface area contributed by atoms with Crippen LogP contribution >= 0.6 is 0 Å². The lowest BCUT2D eigenvalue weighted by Crippen LogP contribution is -2.48. The minimum Gasteiger partial charge on any atom is -0.494 e. The molecule has 8 heteroatoms. The summed E-state index contributed by atoms with van der Waals surface area (Å²) >= 11 is 0. The van der Waals surface area contributed by atoms with Gasteiger partial charge in [-0.1, -0.05) is 0 Å². The fraction of sp³-hybridized carbons (Fsp3) is 0.529. The number of hydrogen-bond donors (Lipinski definition) is 1. The van der Waals surface area contributed by atoms with Crippen LogP contribution in [0.5, 0.6) is 5.75 Å². The summed E-state index contributed by atoms with van der Waals surface area (Å²) in [5, 5.41) is 2.56. The number of benzene rings is 1. The van der Waals surface area contributed by atoms with Crippen LogP contribution in [0, 0.1) is 17.6 Å². The van der Waals surface area contributed by atoms with Crippen molar-refractivity contribution in [2.24, 2.45) is 5.92 Å². The summed E-state index contributed by atoms with van der Waals surface area (Å²) in [5.41, 5.74) is -0.246. The first-order valence-electron chi connectivity index (χ1n) is 8.10. The molecule has 0 radical (unpaired) electrons. The van der Waals surface area contributed by atoms with Gasteiger partial charge in [-0.3, -0.25) is 4.79 Å². The van der Waals surface area contributed by atoms with E-state index in [4.69, 9.17) is 4.74 Å². The van der Waals surface area contributed by atoms with Crippen molar-refractivity contribution < 1.29 is 23.1 Å². The number of halogens is 2. The maximum atomic E-state index is 14.1. The van der Waals surface area contributed by atoms with Gasteiger partial charge in [-0.2, -0.15) is 0 Å². The Kier molecular flexibility index (Phi) is 6.17. The van der Waals surface area contributed by atoms with E-state index in [1.54, 1.807) is 19.0 Å². The van der Waals surface area contributed by atoms with E-state index in [1.807, 2.05) is 0 Å². The first-order valence-corrected chi connectivity index (χ1v) is 8.10. The van der Waals surface area contributed by atoms with Crippen LogP contribution in [0.25, 0.3) is 0 Å². The minimum absolute atomic E-state index is 0.0777. The zero-order valence-electron chi connectivity index (χ0n) is 14.6. The van der Waals surface area contributed by atoms with Crippen molar-refractivity contribution in [3.05, 3.63) is 29.3 Å². The van der Waals surface area contributed by atoms with Crippen molar-refractivity contribution in [2.75, 3.05) is 34.3 Å². The molecule has 25 heavy (non-hydrogen) atoms. The van der Waals surface area contributed by atoms with E-state index in [0.29, 0.717) is 25.9 Å². The Morgan fingerprint density at radius 2 is 2.08 bits per heavy atom. The summed E-state index contributed by atoms with van der Waals surface area (Å²) in [6, 6.07) is 2.14. The standard InChI is InChI=1S/C17H23F2N3O3/c1-21(2)17(24)22-8-4-5-11(10-22)16(23)20-9-12-13(18)6-7-14(25-3)15(12)19/h6-7,11H,4-5,8-10H2,1-3H3,(H,20,23)/t11-/m0/s1. The van der Waals surface area contributed by atoms with Crippen molar-refractivity contribution in [1.29, 1.82) is 0 Å². The molecule has 1 aromatic rings. The van der Waals surface area contributed by atoms with Gasteiger partial charge >= 0.3 is 6.03 Å². The number of amides is 3. The molecule has 1 aromatic carbocycles. The van der Waals surface area contributed by atoms with Crippen LogP contribution in [0.2, 0.25) is 0 Å². The topological polar surface area (TPSA) is 61.9 Å². The van der Waals surface area contributed by atoms with Crippen molar-refractivity contribution in [1.82, 2.24) is 15.1 Å². The normalized spacial score (nSPS) is 17.2.